The van der Waals surface area contributed by atoms with Gasteiger partial charge in [-0.2, -0.15) is 0 Å². The first-order valence-electron chi connectivity index (χ1n) is 7.34. The maximum Gasteiger partial charge on any atom is 0.237 e. The van der Waals surface area contributed by atoms with E-state index in [1.807, 2.05) is 65.6 Å². The van der Waals surface area contributed by atoms with Crippen molar-refractivity contribution >= 4 is 23.4 Å². The van der Waals surface area contributed by atoms with Crippen LogP contribution in [0.1, 0.15) is 19.8 Å². The minimum absolute atomic E-state index is 0.170. The van der Waals surface area contributed by atoms with Gasteiger partial charge in [0.25, 0.3) is 0 Å². The quantitative estimate of drug-likeness (QED) is 0.696. The minimum Gasteiger partial charge on any atom is -0.312 e. The van der Waals surface area contributed by atoms with Crippen LogP contribution in [0, 0.1) is 0 Å². The second kappa shape index (κ2) is 8.53. The van der Waals surface area contributed by atoms with E-state index in [0.717, 1.165) is 30.0 Å². The zero-order valence-corrected chi connectivity index (χ0v) is 13.2. The van der Waals surface area contributed by atoms with Crippen LogP contribution in [0.3, 0.4) is 0 Å². The fourth-order valence-corrected chi connectivity index (χ4v) is 2.86. The summed E-state index contributed by atoms with van der Waals surface area (Å²) in [4.78, 5) is 15.6. The molecule has 0 spiro atoms. The number of benzene rings is 2. The number of para-hydroxylation sites is 1. The Morgan fingerprint density at radius 1 is 1.00 bits per heavy atom. The highest BCUT2D eigenvalue weighted by Gasteiger charge is 2.15. The molecule has 2 aromatic carbocycles. The summed E-state index contributed by atoms with van der Waals surface area (Å²) < 4.78 is 0. The molecule has 0 aliphatic rings. The first-order chi connectivity index (χ1) is 10.3. The number of amides is 1. The highest BCUT2D eigenvalue weighted by molar-refractivity contribution is 8.00. The van der Waals surface area contributed by atoms with Crippen molar-refractivity contribution in [3.63, 3.8) is 0 Å². The van der Waals surface area contributed by atoms with E-state index >= 15 is 0 Å². The van der Waals surface area contributed by atoms with Gasteiger partial charge in [-0.1, -0.05) is 49.7 Å². The standard InChI is InChI=1S/C18H21NOS/c1-2-3-14-19(16-10-6-4-7-11-16)18(20)15-21-17-12-8-5-9-13-17/h4-13H,2-3,14-15H2,1H3. The number of carbonyl (C=O) groups excluding carboxylic acids is 1. The molecule has 2 rings (SSSR count). The molecule has 0 saturated heterocycles. The highest BCUT2D eigenvalue weighted by atomic mass is 32.2. The first kappa shape index (κ1) is 15.6. The molecule has 0 saturated carbocycles. The van der Waals surface area contributed by atoms with Crippen LogP contribution >= 0.6 is 11.8 Å². The van der Waals surface area contributed by atoms with Crippen LogP contribution in [0.2, 0.25) is 0 Å². The SMILES string of the molecule is CCCCN(C(=O)CSc1ccccc1)c1ccccc1. The van der Waals surface area contributed by atoms with Crippen LogP contribution < -0.4 is 4.90 Å². The van der Waals surface area contributed by atoms with Gasteiger partial charge >= 0.3 is 0 Å². The topological polar surface area (TPSA) is 20.3 Å². The molecule has 0 radical (unpaired) electrons. The number of carbonyl (C=O) groups is 1. The Balaban J connectivity index is 2.01. The van der Waals surface area contributed by atoms with E-state index in [-0.39, 0.29) is 5.91 Å². The molecule has 0 heterocycles. The lowest BCUT2D eigenvalue weighted by Gasteiger charge is -2.22. The van der Waals surface area contributed by atoms with Crippen molar-refractivity contribution in [1.82, 2.24) is 0 Å². The molecule has 3 heteroatoms. The number of hydrogen-bond donors (Lipinski definition) is 0. The largest absolute Gasteiger partial charge is 0.312 e. The summed E-state index contributed by atoms with van der Waals surface area (Å²) in [7, 11) is 0. The summed E-state index contributed by atoms with van der Waals surface area (Å²) in [6, 6.07) is 20.0. The second-order valence-electron chi connectivity index (χ2n) is 4.84. The molecule has 0 aliphatic carbocycles. The van der Waals surface area contributed by atoms with E-state index in [1.54, 1.807) is 11.8 Å². The highest BCUT2D eigenvalue weighted by Crippen LogP contribution is 2.20. The van der Waals surface area contributed by atoms with Gasteiger partial charge in [-0.15, -0.1) is 11.8 Å². The Bertz CT molecular complexity index is 542. The summed E-state index contributed by atoms with van der Waals surface area (Å²) in [5, 5.41) is 0. The Morgan fingerprint density at radius 2 is 1.62 bits per heavy atom. The van der Waals surface area contributed by atoms with Crippen molar-refractivity contribution in [2.24, 2.45) is 0 Å². The van der Waals surface area contributed by atoms with Gasteiger partial charge in [0.2, 0.25) is 5.91 Å². The predicted octanol–water partition coefficient (Wildman–Crippen LogP) is 4.61. The lowest BCUT2D eigenvalue weighted by molar-refractivity contribution is -0.116. The van der Waals surface area contributed by atoms with E-state index < -0.39 is 0 Å². The molecule has 0 bridgehead atoms. The van der Waals surface area contributed by atoms with Crippen LogP contribution in [0.15, 0.2) is 65.6 Å². The third-order valence-corrected chi connectivity index (χ3v) is 4.21. The maximum atomic E-state index is 12.5. The molecule has 21 heavy (non-hydrogen) atoms. The molecule has 0 N–H and O–H groups in total. The van der Waals surface area contributed by atoms with E-state index in [4.69, 9.17) is 0 Å². The van der Waals surface area contributed by atoms with Crippen molar-refractivity contribution in [3.8, 4) is 0 Å². The number of unbranched alkanes of at least 4 members (excludes halogenated alkanes) is 1. The number of rotatable bonds is 7. The smallest absolute Gasteiger partial charge is 0.237 e. The normalized spacial score (nSPS) is 10.3. The summed E-state index contributed by atoms with van der Waals surface area (Å²) in [5.41, 5.74) is 0.990. The van der Waals surface area contributed by atoms with Gasteiger partial charge in [0.05, 0.1) is 5.75 Å². The lowest BCUT2D eigenvalue weighted by Crippen LogP contribution is -2.33. The van der Waals surface area contributed by atoms with Crippen molar-refractivity contribution in [1.29, 1.82) is 0 Å². The average Bonchev–Trinajstić information content (AvgIpc) is 2.55. The molecular weight excluding hydrogens is 278 g/mol. The van der Waals surface area contributed by atoms with Crippen molar-refractivity contribution in [3.05, 3.63) is 60.7 Å². The summed E-state index contributed by atoms with van der Waals surface area (Å²) in [6.45, 7) is 2.93. The molecular formula is C18H21NOS. The van der Waals surface area contributed by atoms with Gasteiger partial charge in [-0.3, -0.25) is 4.79 Å². The van der Waals surface area contributed by atoms with Crippen molar-refractivity contribution in [2.45, 2.75) is 24.7 Å². The summed E-state index contributed by atoms with van der Waals surface area (Å²) in [5.74, 6) is 0.645. The Kier molecular flexibility index (Phi) is 6.35. The van der Waals surface area contributed by atoms with Crippen LogP contribution in [0.5, 0.6) is 0 Å². The van der Waals surface area contributed by atoms with Crippen molar-refractivity contribution in [2.75, 3.05) is 17.2 Å². The van der Waals surface area contributed by atoms with Crippen molar-refractivity contribution < 1.29 is 4.79 Å². The third kappa shape index (κ3) is 4.94. The Hall–Kier alpha value is -1.74. The molecule has 2 aromatic rings. The second-order valence-corrected chi connectivity index (χ2v) is 5.88. The molecule has 0 aliphatic heterocycles. The lowest BCUT2D eigenvalue weighted by atomic mass is 10.2. The maximum absolute atomic E-state index is 12.5. The average molecular weight is 299 g/mol. The fraction of sp³-hybridized carbons (Fsp3) is 0.278. The summed E-state index contributed by atoms with van der Waals surface area (Å²) in [6.07, 6.45) is 2.11. The molecule has 0 unspecified atom stereocenters. The van der Waals surface area contributed by atoms with Crippen LogP contribution in [0.25, 0.3) is 0 Å². The van der Waals surface area contributed by atoms with E-state index in [0.29, 0.717) is 5.75 Å². The summed E-state index contributed by atoms with van der Waals surface area (Å²) >= 11 is 1.59. The zero-order valence-electron chi connectivity index (χ0n) is 12.4. The number of thioether (sulfide) groups is 1. The molecule has 2 nitrogen and oxygen atoms in total. The molecule has 0 atom stereocenters. The number of nitrogens with zero attached hydrogens (tertiary/aromatic N) is 1. The molecule has 110 valence electrons. The van der Waals surface area contributed by atoms with Crippen LogP contribution in [0.4, 0.5) is 5.69 Å². The van der Waals surface area contributed by atoms with E-state index in [2.05, 4.69) is 6.92 Å². The van der Waals surface area contributed by atoms with Gasteiger partial charge < -0.3 is 4.90 Å². The van der Waals surface area contributed by atoms with Crippen LogP contribution in [-0.4, -0.2) is 18.2 Å². The molecule has 0 aromatic heterocycles. The minimum atomic E-state index is 0.170. The fourth-order valence-electron chi connectivity index (χ4n) is 2.06. The molecule has 0 fully saturated rings. The van der Waals surface area contributed by atoms with Gasteiger partial charge in [0.1, 0.15) is 0 Å². The monoisotopic (exact) mass is 299 g/mol. The zero-order chi connectivity index (χ0) is 14.9. The third-order valence-electron chi connectivity index (χ3n) is 3.21. The number of anilines is 1. The predicted molar refractivity (Wildman–Crippen MR) is 90.9 cm³/mol. The Labute approximate surface area is 131 Å². The Morgan fingerprint density at radius 3 is 2.24 bits per heavy atom. The van der Waals surface area contributed by atoms with Gasteiger partial charge in [-0.25, -0.2) is 0 Å². The van der Waals surface area contributed by atoms with E-state index in [9.17, 15) is 4.79 Å². The van der Waals surface area contributed by atoms with E-state index in [1.165, 1.54) is 0 Å². The number of hydrogen-bond acceptors (Lipinski definition) is 2. The first-order valence-corrected chi connectivity index (χ1v) is 8.33. The van der Waals surface area contributed by atoms with Crippen LogP contribution in [-0.2, 0) is 4.79 Å². The molecule has 1 amide bonds. The van der Waals surface area contributed by atoms with Gasteiger partial charge in [-0.05, 0) is 30.7 Å². The van der Waals surface area contributed by atoms with Gasteiger partial charge in [0, 0.05) is 17.1 Å². The van der Waals surface area contributed by atoms with Gasteiger partial charge in [0.15, 0.2) is 0 Å².